The van der Waals surface area contributed by atoms with Crippen LogP contribution in [0.15, 0.2) is 36.7 Å². The van der Waals surface area contributed by atoms with Gasteiger partial charge < -0.3 is 4.90 Å². The lowest BCUT2D eigenvalue weighted by molar-refractivity contribution is -0.136. The van der Waals surface area contributed by atoms with Crippen molar-refractivity contribution < 1.29 is 4.79 Å². The minimum absolute atomic E-state index is 0.0306. The van der Waals surface area contributed by atoms with E-state index in [2.05, 4.69) is 22.0 Å². The third-order valence-electron chi connectivity index (χ3n) is 4.85. The highest BCUT2D eigenvalue weighted by Crippen LogP contribution is 2.20. The van der Waals surface area contributed by atoms with Crippen LogP contribution in [0.2, 0.25) is 0 Å². The maximum atomic E-state index is 12.8. The first-order valence-electron chi connectivity index (χ1n) is 8.47. The summed E-state index contributed by atoms with van der Waals surface area (Å²) >= 11 is 0. The number of fused-ring (bicyclic) bond motifs is 1. The van der Waals surface area contributed by atoms with Crippen molar-refractivity contribution in [3.8, 4) is 0 Å². The summed E-state index contributed by atoms with van der Waals surface area (Å²) in [6.45, 7) is 4.76. The molecule has 0 aliphatic carbocycles. The molecule has 1 atom stereocenters. The Hall–Kier alpha value is -1.94. The number of carbonyl (C=O) groups is 1. The van der Waals surface area contributed by atoms with E-state index in [4.69, 9.17) is 0 Å². The molecule has 1 unspecified atom stereocenters. The molecule has 0 spiro atoms. The summed E-state index contributed by atoms with van der Waals surface area (Å²) in [5, 5.41) is 2.29. The third kappa shape index (κ3) is 3.53. The monoisotopic (exact) mass is 311 g/mol. The Balaban J connectivity index is 1.72. The van der Waals surface area contributed by atoms with Crippen LogP contribution in [0.1, 0.15) is 31.7 Å². The Bertz CT molecular complexity index is 674. The van der Waals surface area contributed by atoms with Crippen LogP contribution in [0.4, 0.5) is 0 Å². The Morgan fingerprint density at radius 3 is 2.83 bits per heavy atom. The van der Waals surface area contributed by atoms with Crippen molar-refractivity contribution in [1.82, 2.24) is 14.8 Å². The van der Waals surface area contributed by atoms with E-state index in [-0.39, 0.29) is 11.9 Å². The first-order chi connectivity index (χ1) is 11.2. The summed E-state index contributed by atoms with van der Waals surface area (Å²) < 4.78 is 0. The number of carbonyl (C=O) groups excluding carboxylic acids is 1. The van der Waals surface area contributed by atoms with Gasteiger partial charge in [-0.25, -0.2) is 0 Å². The number of piperidine rings is 1. The molecular formula is C19H25N3O. The van der Waals surface area contributed by atoms with E-state index in [1.807, 2.05) is 43.4 Å². The molecule has 1 fully saturated rings. The first kappa shape index (κ1) is 15.9. The fraction of sp³-hybridized carbons (Fsp3) is 0.474. The van der Waals surface area contributed by atoms with Gasteiger partial charge in [0.25, 0.3) is 0 Å². The van der Waals surface area contributed by atoms with Gasteiger partial charge in [0.15, 0.2) is 0 Å². The van der Waals surface area contributed by atoms with Gasteiger partial charge in [-0.15, -0.1) is 0 Å². The second-order valence-electron chi connectivity index (χ2n) is 6.48. The Labute approximate surface area is 138 Å². The van der Waals surface area contributed by atoms with Gasteiger partial charge in [0.2, 0.25) is 5.91 Å². The van der Waals surface area contributed by atoms with E-state index in [9.17, 15) is 4.79 Å². The van der Waals surface area contributed by atoms with Crippen LogP contribution in [0, 0.1) is 0 Å². The lowest BCUT2D eigenvalue weighted by atomic mass is 10.1. The highest BCUT2D eigenvalue weighted by atomic mass is 16.2. The molecular weight excluding hydrogens is 286 g/mol. The fourth-order valence-corrected chi connectivity index (χ4v) is 3.44. The Morgan fingerprint density at radius 1 is 1.26 bits per heavy atom. The lowest BCUT2D eigenvalue weighted by Gasteiger charge is -2.33. The summed E-state index contributed by atoms with van der Waals surface area (Å²) in [5.41, 5.74) is 1.17. The number of aromatic nitrogens is 1. The second kappa shape index (κ2) is 7.09. The number of benzene rings is 1. The predicted molar refractivity (Wildman–Crippen MR) is 93.1 cm³/mol. The van der Waals surface area contributed by atoms with Crippen LogP contribution < -0.4 is 0 Å². The normalized spacial score (nSPS) is 17.1. The third-order valence-corrected chi connectivity index (χ3v) is 4.85. The zero-order chi connectivity index (χ0) is 16.2. The van der Waals surface area contributed by atoms with Gasteiger partial charge in [-0.1, -0.05) is 24.6 Å². The average molecular weight is 311 g/mol. The number of nitrogens with zero attached hydrogens (tertiary/aromatic N) is 3. The molecule has 1 aromatic carbocycles. The van der Waals surface area contributed by atoms with Gasteiger partial charge in [0.1, 0.15) is 0 Å². The van der Waals surface area contributed by atoms with Crippen LogP contribution in [-0.4, -0.2) is 46.9 Å². The van der Waals surface area contributed by atoms with Crippen molar-refractivity contribution in [2.75, 3.05) is 20.1 Å². The van der Waals surface area contributed by atoms with Gasteiger partial charge in [-0.3, -0.25) is 14.7 Å². The van der Waals surface area contributed by atoms with Crippen LogP contribution in [0.25, 0.3) is 10.8 Å². The number of pyridine rings is 1. The van der Waals surface area contributed by atoms with Crippen molar-refractivity contribution in [3.05, 3.63) is 42.2 Å². The molecule has 0 saturated carbocycles. The number of rotatable bonds is 4. The van der Waals surface area contributed by atoms with Crippen molar-refractivity contribution in [2.24, 2.45) is 0 Å². The quantitative estimate of drug-likeness (QED) is 0.870. The van der Waals surface area contributed by atoms with Crippen molar-refractivity contribution >= 4 is 16.7 Å². The second-order valence-corrected chi connectivity index (χ2v) is 6.48. The standard InChI is InChI=1S/C19H25N3O/c1-15(22-11-4-3-5-12-22)19(23)21(2)14-17-8-6-7-16-13-20-10-9-18(16)17/h6-10,13,15H,3-5,11-12,14H2,1-2H3. The summed E-state index contributed by atoms with van der Waals surface area (Å²) in [4.78, 5) is 21.1. The van der Waals surface area contributed by atoms with Crippen LogP contribution >= 0.6 is 0 Å². The molecule has 2 aromatic rings. The number of hydrogen-bond acceptors (Lipinski definition) is 3. The maximum Gasteiger partial charge on any atom is 0.239 e. The molecule has 1 aliphatic heterocycles. The molecule has 2 heterocycles. The van der Waals surface area contributed by atoms with Crippen molar-refractivity contribution in [1.29, 1.82) is 0 Å². The number of likely N-dealkylation sites (tertiary alicyclic amines) is 1. The largest absolute Gasteiger partial charge is 0.340 e. The van der Waals surface area contributed by atoms with Crippen LogP contribution in [-0.2, 0) is 11.3 Å². The first-order valence-corrected chi connectivity index (χ1v) is 8.47. The highest BCUT2D eigenvalue weighted by molar-refractivity contribution is 5.86. The SMILES string of the molecule is CC(C(=O)N(C)Cc1cccc2cnccc12)N1CCCCC1. The molecule has 1 saturated heterocycles. The van der Waals surface area contributed by atoms with Crippen LogP contribution in [0.3, 0.4) is 0 Å². The molecule has 1 amide bonds. The van der Waals surface area contributed by atoms with Crippen LogP contribution in [0.5, 0.6) is 0 Å². The molecule has 1 aliphatic rings. The molecule has 3 rings (SSSR count). The van der Waals surface area contributed by atoms with E-state index >= 15 is 0 Å². The number of likely N-dealkylation sites (N-methyl/N-ethyl adjacent to an activating group) is 1. The summed E-state index contributed by atoms with van der Waals surface area (Å²) in [6, 6.07) is 8.18. The molecule has 0 radical (unpaired) electrons. The molecule has 0 N–H and O–H groups in total. The topological polar surface area (TPSA) is 36.4 Å². The minimum Gasteiger partial charge on any atom is -0.340 e. The number of hydrogen-bond donors (Lipinski definition) is 0. The molecule has 4 nitrogen and oxygen atoms in total. The summed E-state index contributed by atoms with van der Waals surface area (Å²) in [5.74, 6) is 0.206. The summed E-state index contributed by atoms with van der Waals surface area (Å²) in [6.07, 6.45) is 7.38. The van der Waals surface area contributed by atoms with E-state index < -0.39 is 0 Å². The molecule has 4 heteroatoms. The highest BCUT2D eigenvalue weighted by Gasteiger charge is 2.25. The van der Waals surface area contributed by atoms with E-state index in [1.165, 1.54) is 30.2 Å². The van der Waals surface area contributed by atoms with Gasteiger partial charge >= 0.3 is 0 Å². The van der Waals surface area contributed by atoms with E-state index in [0.717, 1.165) is 18.5 Å². The van der Waals surface area contributed by atoms with Gasteiger partial charge in [0, 0.05) is 31.4 Å². The van der Waals surface area contributed by atoms with Crippen molar-refractivity contribution in [3.63, 3.8) is 0 Å². The average Bonchev–Trinajstić information content (AvgIpc) is 2.61. The maximum absolute atomic E-state index is 12.8. The zero-order valence-electron chi connectivity index (χ0n) is 14.0. The zero-order valence-corrected chi connectivity index (χ0v) is 14.0. The molecule has 1 aromatic heterocycles. The molecule has 122 valence electrons. The van der Waals surface area contributed by atoms with E-state index in [1.54, 1.807) is 0 Å². The predicted octanol–water partition coefficient (Wildman–Crippen LogP) is 3.07. The smallest absolute Gasteiger partial charge is 0.239 e. The summed E-state index contributed by atoms with van der Waals surface area (Å²) in [7, 11) is 1.91. The Kier molecular flexibility index (Phi) is 4.91. The van der Waals surface area contributed by atoms with Gasteiger partial charge in [-0.2, -0.15) is 0 Å². The fourth-order valence-electron chi connectivity index (χ4n) is 3.44. The minimum atomic E-state index is -0.0306. The Morgan fingerprint density at radius 2 is 2.04 bits per heavy atom. The number of amides is 1. The van der Waals surface area contributed by atoms with Gasteiger partial charge in [-0.05, 0) is 49.9 Å². The van der Waals surface area contributed by atoms with Gasteiger partial charge in [0.05, 0.1) is 6.04 Å². The lowest BCUT2D eigenvalue weighted by Crippen LogP contribution is -2.47. The van der Waals surface area contributed by atoms with Crippen molar-refractivity contribution in [2.45, 2.75) is 38.8 Å². The molecule has 23 heavy (non-hydrogen) atoms. The molecule has 0 bridgehead atoms. The van der Waals surface area contributed by atoms with E-state index in [0.29, 0.717) is 6.54 Å².